The van der Waals surface area contributed by atoms with E-state index < -0.39 is 0 Å². The van der Waals surface area contributed by atoms with Gasteiger partial charge in [0.1, 0.15) is 11.6 Å². The molecule has 0 fully saturated rings. The number of halogens is 2. The van der Waals surface area contributed by atoms with Crippen molar-refractivity contribution < 1.29 is 4.74 Å². The van der Waals surface area contributed by atoms with Crippen molar-refractivity contribution in [2.45, 2.75) is 0 Å². The third kappa shape index (κ3) is 1.60. The van der Waals surface area contributed by atoms with Gasteiger partial charge in [0.05, 0.1) is 12.1 Å². The molecule has 0 aliphatic carbocycles. The minimum atomic E-state index is 0.132. The highest BCUT2D eigenvalue weighted by Crippen LogP contribution is 2.25. The highest BCUT2D eigenvalue weighted by molar-refractivity contribution is 6.41. The number of hydrogen-bond acceptors (Lipinski definition) is 3. The predicted molar refractivity (Wildman–Crippen MR) is 45.5 cm³/mol. The Bertz CT molecular complexity index is 346. The average Bonchev–Trinajstić information content (AvgIpc) is 2.09. The van der Waals surface area contributed by atoms with Crippen LogP contribution in [0, 0.1) is 11.3 Å². The summed E-state index contributed by atoms with van der Waals surface area (Å²) < 4.78 is 4.80. The van der Waals surface area contributed by atoms with E-state index in [2.05, 4.69) is 4.98 Å². The Labute approximate surface area is 79.5 Å². The lowest BCUT2D eigenvalue weighted by Crippen LogP contribution is -1.92. The molecule has 62 valence electrons. The first-order valence-corrected chi connectivity index (χ1v) is 3.74. The second-order valence-corrected chi connectivity index (χ2v) is 2.69. The molecule has 1 aromatic heterocycles. The minimum Gasteiger partial charge on any atom is -0.480 e. The fraction of sp³-hybridized carbons (Fsp3) is 0.143. The smallest absolute Gasteiger partial charge is 0.232 e. The minimum absolute atomic E-state index is 0.132. The number of pyridine rings is 1. The van der Waals surface area contributed by atoms with E-state index in [1.807, 2.05) is 6.07 Å². The quantitative estimate of drug-likeness (QED) is 0.657. The molecular weight excluding hydrogens is 199 g/mol. The first-order chi connectivity index (χ1) is 5.69. The van der Waals surface area contributed by atoms with Crippen LogP contribution < -0.4 is 4.74 Å². The topological polar surface area (TPSA) is 45.9 Å². The summed E-state index contributed by atoms with van der Waals surface area (Å²) in [7, 11) is 1.41. The van der Waals surface area contributed by atoms with Gasteiger partial charge in [-0.25, -0.2) is 0 Å². The monoisotopic (exact) mass is 202 g/mol. The third-order valence-corrected chi connectivity index (χ3v) is 1.89. The lowest BCUT2D eigenvalue weighted by molar-refractivity contribution is 0.396. The molecule has 1 heterocycles. The normalized spacial score (nSPS) is 9.17. The molecule has 0 spiro atoms. The number of aromatic nitrogens is 1. The molecule has 0 aliphatic heterocycles. The molecule has 0 amide bonds. The Hall–Kier alpha value is -0.980. The number of rotatable bonds is 1. The summed E-state index contributed by atoms with van der Waals surface area (Å²) in [6.45, 7) is 0. The Morgan fingerprint density at radius 2 is 2.25 bits per heavy atom. The van der Waals surface area contributed by atoms with Gasteiger partial charge in [-0.2, -0.15) is 10.2 Å². The molecule has 12 heavy (non-hydrogen) atoms. The van der Waals surface area contributed by atoms with Crippen LogP contribution in [-0.4, -0.2) is 12.1 Å². The molecule has 0 atom stereocenters. The van der Waals surface area contributed by atoms with Crippen LogP contribution in [0.2, 0.25) is 10.2 Å². The fourth-order valence-electron chi connectivity index (χ4n) is 0.686. The SMILES string of the molecule is COc1nc(Cl)c(Cl)cc1C#N. The number of ether oxygens (including phenoxy) is 1. The van der Waals surface area contributed by atoms with Crippen molar-refractivity contribution in [3.05, 3.63) is 21.8 Å². The van der Waals surface area contributed by atoms with E-state index in [1.165, 1.54) is 13.2 Å². The van der Waals surface area contributed by atoms with Crippen molar-refractivity contribution in [1.29, 1.82) is 5.26 Å². The highest BCUT2D eigenvalue weighted by Gasteiger charge is 2.08. The molecule has 0 bridgehead atoms. The van der Waals surface area contributed by atoms with Crippen LogP contribution in [0.3, 0.4) is 0 Å². The second kappa shape index (κ2) is 3.61. The zero-order valence-electron chi connectivity index (χ0n) is 6.14. The van der Waals surface area contributed by atoms with Gasteiger partial charge in [0.15, 0.2) is 5.15 Å². The largest absolute Gasteiger partial charge is 0.480 e. The highest BCUT2D eigenvalue weighted by atomic mass is 35.5. The van der Waals surface area contributed by atoms with E-state index in [0.717, 1.165) is 0 Å². The van der Waals surface area contributed by atoms with Crippen molar-refractivity contribution in [2.24, 2.45) is 0 Å². The number of hydrogen-bond donors (Lipinski definition) is 0. The van der Waals surface area contributed by atoms with Gasteiger partial charge in [-0.15, -0.1) is 0 Å². The van der Waals surface area contributed by atoms with Crippen LogP contribution in [0.4, 0.5) is 0 Å². The van der Waals surface area contributed by atoms with Gasteiger partial charge < -0.3 is 4.74 Å². The van der Waals surface area contributed by atoms with Gasteiger partial charge in [-0.1, -0.05) is 23.2 Å². The van der Waals surface area contributed by atoms with Crippen LogP contribution in [0.1, 0.15) is 5.56 Å². The van der Waals surface area contributed by atoms with Crippen molar-refractivity contribution in [3.63, 3.8) is 0 Å². The van der Waals surface area contributed by atoms with Gasteiger partial charge >= 0.3 is 0 Å². The molecule has 0 N–H and O–H groups in total. The lowest BCUT2D eigenvalue weighted by atomic mass is 10.3. The molecule has 0 saturated heterocycles. The number of methoxy groups -OCH3 is 1. The summed E-state index contributed by atoms with van der Waals surface area (Å²) in [6.07, 6.45) is 0. The predicted octanol–water partition coefficient (Wildman–Crippen LogP) is 2.27. The molecular formula is C7H4Cl2N2O. The first kappa shape index (κ1) is 9.11. The van der Waals surface area contributed by atoms with Crippen LogP contribution in [0.15, 0.2) is 6.07 Å². The van der Waals surface area contributed by atoms with Gasteiger partial charge in [0.2, 0.25) is 5.88 Å². The van der Waals surface area contributed by atoms with Crippen LogP contribution in [-0.2, 0) is 0 Å². The number of nitriles is 1. The first-order valence-electron chi connectivity index (χ1n) is 2.99. The molecule has 1 rings (SSSR count). The van der Waals surface area contributed by atoms with Crippen LogP contribution in [0.25, 0.3) is 0 Å². The Morgan fingerprint density at radius 1 is 1.58 bits per heavy atom. The lowest BCUT2D eigenvalue weighted by Gasteiger charge is -2.01. The summed E-state index contributed by atoms with van der Waals surface area (Å²) in [5.41, 5.74) is 0.270. The molecule has 0 unspecified atom stereocenters. The van der Waals surface area contributed by atoms with Gasteiger partial charge in [0, 0.05) is 0 Å². The van der Waals surface area contributed by atoms with Crippen LogP contribution in [0.5, 0.6) is 5.88 Å². The number of nitrogens with zero attached hydrogens (tertiary/aromatic N) is 2. The Kier molecular flexibility index (Phi) is 2.74. The van der Waals surface area contributed by atoms with Crippen LogP contribution >= 0.6 is 23.2 Å². The van der Waals surface area contributed by atoms with Gasteiger partial charge in [0.25, 0.3) is 0 Å². The third-order valence-electron chi connectivity index (χ3n) is 1.21. The Balaban J connectivity index is 3.31. The van der Waals surface area contributed by atoms with E-state index in [-0.39, 0.29) is 21.6 Å². The van der Waals surface area contributed by atoms with Crippen molar-refractivity contribution >= 4 is 23.2 Å². The fourth-order valence-corrected chi connectivity index (χ4v) is 0.969. The maximum Gasteiger partial charge on any atom is 0.232 e. The van der Waals surface area contributed by atoms with E-state index >= 15 is 0 Å². The van der Waals surface area contributed by atoms with E-state index in [9.17, 15) is 0 Å². The maximum atomic E-state index is 8.59. The molecule has 0 radical (unpaired) electrons. The van der Waals surface area contributed by atoms with Gasteiger partial charge in [-0.3, -0.25) is 0 Å². The Morgan fingerprint density at radius 3 is 2.75 bits per heavy atom. The zero-order valence-corrected chi connectivity index (χ0v) is 7.65. The molecule has 5 heteroatoms. The van der Waals surface area contributed by atoms with Crippen molar-refractivity contribution in [3.8, 4) is 11.9 Å². The average molecular weight is 203 g/mol. The summed E-state index contributed by atoms with van der Waals surface area (Å²) in [6, 6.07) is 3.30. The molecule has 1 aromatic rings. The molecule has 3 nitrogen and oxygen atoms in total. The summed E-state index contributed by atoms with van der Waals surface area (Å²) >= 11 is 11.2. The van der Waals surface area contributed by atoms with Crippen molar-refractivity contribution in [1.82, 2.24) is 4.98 Å². The maximum absolute atomic E-state index is 8.59. The molecule has 0 aromatic carbocycles. The summed E-state index contributed by atoms with van der Waals surface area (Å²) in [5, 5.41) is 8.97. The molecule has 0 saturated carbocycles. The van der Waals surface area contributed by atoms with Gasteiger partial charge in [-0.05, 0) is 6.07 Å². The standard InChI is InChI=1S/C7H4Cl2N2O/c1-12-7-4(3-10)2-5(8)6(9)11-7/h2H,1H3. The molecule has 0 aliphatic rings. The summed E-state index contributed by atoms with van der Waals surface area (Å²) in [5.74, 6) is 0.187. The zero-order chi connectivity index (χ0) is 9.14. The van der Waals surface area contributed by atoms with E-state index in [1.54, 1.807) is 0 Å². The second-order valence-electron chi connectivity index (χ2n) is 1.93. The van der Waals surface area contributed by atoms with E-state index in [4.69, 9.17) is 33.2 Å². The van der Waals surface area contributed by atoms with E-state index in [0.29, 0.717) is 0 Å². The summed E-state index contributed by atoms with van der Waals surface area (Å²) in [4.78, 5) is 3.75. The van der Waals surface area contributed by atoms with Crippen molar-refractivity contribution in [2.75, 3.05) is 7.11 Å².